The molecule has 3 rings (SSSR count). The summed E-state index contributed by atoms with van der Waals surface area (Å²) in [4.78, 5) is 0. The minimum absolute atomic E-state index is 0.103. The summed E-state index contributed by atoms with van der Waals surface area (Å²) in [5.41, 5.74) is -0.219. The molecule has 0 heterocycles. The molecule has 0 fully saturated rings. The Hall–Kier alpha value is -3.20. The Morgan fingerprint density at radius 3 is 2.04 bits per heavy atom. The molecule has 0 aromatic heterocycles. The monoisotopic (exact) mass is 325 g/mol. The third-order valence-corrected chi connectivity index (χ3v) is 3.23. The van der Waals surface area contributed by atoms with Gasteiger partial charge in [-0.3, -0.25) is 0 Å². The summed E-state index contributed by atoms with van der Waals surface area (Å²) in [6.45, 7) is 0. The van der Waals surface area contributed by atoms with Gasteiger partial charge in [0.05, 0.1) is 6.85 Å². The molecule has 120 valence electrons. The topological polar surface area (TPSA) is 60.7 Å². The lowest BCUT2D eigenvalue weighted by Crippen LogP contribution is -1.90. The summed E-state index contributed by atoms with van der Waals surface area (Å²) in [6.07, 6.45) is 0.425. The van der Waals surface area contributed by atoms with E-state index in [9.17, 15) is 15.3 Å². The zero-order valence-electron chi connectivity index (χ0n) is 19.5. The number of benzene rings is 3. The van der Waals surface area contributed by atoms with Gasteiger partial charge < -0.3 is 15.3 Å². The van der Waals surface area contributed by atoms with E-state index < -0.39 is 59.2 Å². The molecule has 0 atom stereocenters. The molecule has 0 aliphatic heterocycles. The molecule has 0 saturated heterocycles. The normalized spacial score (nSPS) is 15.8. The molecule has 0 aliphatic carbocycles. The zero-order valence-corrected chi connectivity index (χ0v) is 12.5. The molecule has 3 aromatic rings. The van der Waals surface area contributed by atoms with Gasteiger partial charge in [0.25, 0.3) is 0 Å². The fourth-order valence-electron chi connectivity index (χ4n) is 2.07. The molecule has 0 spiro atoms. The van der Waals surface area contributed by atoms with Crippen LogP contribution in [0.3, 0.4) is 0 Å². The standard InChI is InChI=1S/C21H18O3/c22-18-10-8-15(9-11-18)6-7-17-13-20(23)19(21(24)14-17)12-16-4-2-1-3-5-16/h1-11,13-14,22-24H,12H2/b7-6+/i1D,2D,3D,4D,5D,12D2. The van der Waals surface area contributed by atoms with Crippen LogP contribution in [-0.2, 0) is 6.37 Å². The van der Waals surface area contributed by atoms with Gasteiger partial charge >= 0.3 is 0 Å². The van der Waals surface area contributed by atoms with Gasteiger partial charge in [0.2, 0.25) is 0 Å². The Labute approximate surface area is 150 Å². The van der Waals surface area contributed by atoms with E-state index in [1.165, 1.54) is 24.3 Å². The summed E-state index contributed by atoms with van der Waals surface area (Å²) in [5.74, 6) is -1.17. The number of aromatic hydroxyl groups is 3. The van der Waals surface area contributed by atoms with Gasteiger partial charge in [0, 0.05) is 14.7 Å². The average molecular weight is 325 g/mol. The van der Waals surface area contributed by atoms with Gasteiger partial charge in [0.1, 0.15) is 17.2 Å². The van der Waals surface area contributed by atoms with Crippen LogP contribution in [0.5, 0.6) is 17.2 Å². The minimum atomic E-state index is -2.78. The lowest BCUT2D eigenvalue weighted by atomic mass is 10.0. The Morgan fingerprint density at radius 1 is 0.833 bits per heavy atom. The van der Waals surface area contributed by atoms with Crippen LogP contribution in [0, 0.1) is 0 Å². The maximum absolute atomic E-state index is 10.5. The van der Waals surface area contributed by atoms with Crippen LogP contribution in [0.2, 0.25) is 0 Å². The first-order valence-electron chi connectivity index (χ1n) is 10.6. The van der Waals surface area contributed by atoms with E-state index in [0.29, 0.717) is 5.56 Å². The highest BCUT2D eigenvalue weighted by atomic mass is 16.3. The van der Waals surface area contributed by atoms with E-state index in [0.717, 1.165) is 5.56 Å². The molecule has 0 amide bonds. The predicted molar refractivity (Wildman–Crippen MR) is 96.1 cm³/mol. The van der Waals surface area contributed by atoms with Crippen molar-refractivity contribution in [1.82, 2.24) is 0 Å². The first-order valence-corrected chi connectivity index (χ1v) is 7.06. The first-order chi connectivity index (χ1) is 14.4. The first kappa shape index (κ1) is 9.18. The van der Waals surface area contributed by atoms with Crippen LogP contribution in [0.15, 0.2) is 66.6 Å². The average Bonchev–Trinajstić information content (AvgIpc) is 2.69. The third kappa shape index (κ3) is 3.76. The third-order valence-electron chi connectivity index (χ3n) is 3.23. The highest BCUT2D eigenvalue weighted by Gasteiger charge is 2.09. The smallest absolute Gasteiger partial charge is 0.123 e. The van der Waals surface area contributed by atoms with Crippen molar-refractivity contribution < 1.29 is 24.9 Å². The SMILES string of the molecule is [2H]c1c([2H])c([2H])c(C([2H])([2H])c2c(O)cc(/C=C/c3ccc(O)cc3)cc2O)c([2H])c1[2H]. The predicted octanol–water partition coefficient (Wildman–Crippen LogP) is 4.56. The van der Waals surface area contributed by atoms with Gasteiger partial charge in [-0.15, -0.1) is 0 Å². The van der Waals surface area contributed by atoms with Crippen molar-refractivity contribution in [2.45, 2.75) is 6.37 Å². The van der Waals surface area contributed by atoms with Gasteiger partial charge in [0.15, 0.2) is 0 Å². The van der Waals surface area contributed by atoms with E-state index in [2.05, 4.69) is 0 Å². The Morgan fingerprint density at radius 2 is 1.42 bits per heavy atom. The highest BCUT2D eigenvalue weighted by Crippen LogP contribution is 2.31. The highest BCUT2D eigenvalue weighted by molar-refractivity contribution is 5.72. The second-order valence-electron chi connectivity index (χ2n) is 4.98. The lowest BCUT2D eigenvalue weighted by molar-refractivity contribution is 0.440. The molecule has 3 N–H and O–H groups in total. The number of rotatable bonds is 4. The molecule has 3 nitrogen and oxygen atoms in total. The van der Waals surface area contributed by atoms with E-state index in [-0.39, 0.29) is 5.75 Å². The van der Waals surface area contributed by atoms with Crippen LogP contribution in [-0.4, -0.2) is 15.3 Å². The van der Waals surface area contributed by atoms with Crippen molar-refractivity contribution in [3.63, 3.8) is 0 Å². The zero-order chi connectivity index (χ0) is 23.1. The van der Waals surface area contributed by atoms with Crippen LogP contribution in [0.4, 0.5) is 0 Å². The van der Waals surface area contributed by atoms with Crippen molar-refractivity contribution >= 4 is 12.2 Å². The lowest BCUT2D eigenvalue weighted by Gasteiger charge is -2.09. The quantitative estimate of drug-likeness (QED) is 0.616. The summed E-state index contributed by atoms with van der Waals surface area (Å²) in [7, 11) is 0. The summed E-state index contributed by atoms with van der Waals surface area (Å²) < 4.78 is 55.9. The fourth-order valence-corrected chi connectivity index (χ4v) is 2.07. The maximum Gasteiger partial charge on any atom is 0.123 e. The molecular weight excluding hydrogens is 300 g/mol. The van der Waals surface area contributed by atoms with Gasteiger partial charge in [-0.25, -0.2) is 0 Å². The van der Waals surface area contributed by atoms with E-state index >= 15 is 0 Å². The Bertz CT molecular complexity index is 1140. The number of phenols is 3. The van der Waals surface area contributed by atoms with Crippen molar-refractivity contribution in [2.24, 2.45) is 0 Å². The van der Waals surface area contributed by atoms with Crippen LogP contribution < -0.4 is 0 Å². The molecule has 0 aliphatic rings. The summed E-state index contributed by atoms with van der Waals surface area (Å²) in [5, 5.41) is 30.2. The van der Waals surface area contributed by atoms with Crippen LogP contribution >= 0.6 is 0 Å². The van der Waals surface area contributed by atoms with Crippen LogP contribution in [0.1, 0.15) is 31.8 Å². The van der Waals surface area contributed by atoms with Gasteiger partial charge in [-0.05, 0) is 41.0 Å². The molecule has 3 heteroatoms. The molecule has 0 saturated carbocycles. The van der Waals surface area contributed by atoms with E-state index in [4.69, 9.17) is 9.60 Å². The summed E-state index contributed by atoms with van der Waals surface area (Å²) >= 11 is 0. The second-order valence-corrected chi connectivity index (χ2v) is 4.98. The van der Waals surface area contributed by atoms with Crippen molar-refractivity contribution in [2.75, 3.05) is 0 Å². The molecule has 0 bridgehead atoms. The number of hydrogen-bond acceptors (Lipinski definition) is 3. The van der Waals surface area contributed by atoms with E-state index in [1.807, 2.05) is 0 Å². The van der Waals surface area contributed by atoms with Crippen molar-refractivity contribution in [1.29, 1.82) is 0 Å². The number of phenolic OH excluding ortho intramolecular Hbond substituents is 3. The molecule has 3 aromatic carbocycles. The summed E-state index contributed by atoms with van der Waals surface area (Å²) in [6, 6.07) is 5.06. The van der Waals surface area contributed by atoms with Crippen molar-refractivity contribution in [3.05, 3.63) is 88.9 Å². The van der Waals surface area contributed by atoms with Crippen molar-refractivity contribution in [3.8, 4) is 17.2 Å². The molecular formula is C21H18O3. The Kier molecular flexibility index (Phi) is 2.65. The minimum Gasteiger partial charge on any atom is -0.508 e. The van der Waals surface area contributed by atoms with Gasteiger partial charge in [-0.2, -0.15) is 0 Å². The molecule has 0 unspecified atom stereocenters. The fraction of sp³-hybridized carbons (Fsp3) is 0.0476. The van der Waals surface area contributed by atoms with Crippen LogP contribution in [0.25, 0.3) is 12.2 Å². The number of hydrogen-bond donors (Lipinski definition) is 3. The van der Waals surface area contributed by atoms with E-state index in [1.54, 1.807) is 24.3 Å². The van der Waals surface area contributed by atoms with Gasteiger partial charge in [-0.1, -0.05) is 54.5 Å². The second kappa shape index (κ2) is 6.92. The maximum atomic E-state index is 10.5. The molecule has 24 heavy (non-hydrogen) atoms. The Balaban J connectivity index is 2.09. The largest absolute Gasteiger partial charge is 0.508 e. The molecule has 0 radical (unpaired) electrons.